The fourth-order valence-corrected chi connectivity index (χ4v) is 3.72. The molecule has 1 aliphatic rings. The van der Waals surface area contributed by atoms with E-state index in [2.05, 4.69) is 26.8 Å². The monoisotopic (exact) mass is 417 g/mol. The molecule has 0 saturated heterocycles. The zero-order valence-corrected chi connectivity index (χ0v) is 18.5. The first kappa shape index (κ1) is 23.4. The number of carbonyl (C=O) groups is 1. The number of fused-ring (bicyclic) bond motifs is 1. The van der Waals surface area contributed by atoms with Gasteiger partial charge in [0, 0.05) is 29.7 Å². The zero-order valence-electron chi connectivity index (χ0n) is 17.8. The molecule has 1 aromatic rings. The third kappa shape index (κ3) is 5.39. The Labute approximate surface area is 179 Å². The van der Waals surface area contributed by atoms with Crippen LogP contribution in [0.15, 0.2) is 53.6 Å². The molecule has 2 N–H and O–H groups in total. The number of nitrogens with zero attached hydrogens (tertiary/aromatic N) is 1. The Morgan fingerprint density at radius 1 is 1.24 bits per heavy atom. The van der Waals surface area contributed by atoms with Crippen molar-refractivity contribution in [3.63, 3.8) is 0 Å². The summed E-state index contributed by atoms with van der Waals surface area (Å²) in [4.78, 5) is 14.9. The van der Waals surface area contributed by atoms with Gasteiger partial charge < -0.3 is 15.1 Å². The molecule has 0 aliphatic carbocycles. The van der Waals surface area contributed by atoms with Crippen LogP contribution in [0.3, 0.4) is 0 Å². The van der Waals surface area contributed by atoms with Gasteiger partial charge in [0.15, 0.2) is 5.60 Å². The van der Waals surface area contributed by atoms with Crippen molar-refractivity contribution in [2.75, 3.05) is 18.1 Å². The fourth-order valence-electron chi connectivity index (χ4n) is 3.55. The quantitative estimate of drug-likeness (QED) is 0.547. The number of anilines is 1. The van der Waals surface area contributed by atoms with Gasteiger partial charge >= 0.3 is 0 Å². The summed E-state index contributed by atoms with van der Waals surface area (Å²) in [7, 11) is 0. The molecule has 1 amide bonds. The highest BCUT2D eigenvalue weighted by atomic mass is 35.5. The number of benzene rings is 1. The molecule has 4 nitrogen and oxygen atoms in total. The van der Waals surface area contributed by atoms with Crippen LogP contribution >= 0.6 is 11.6 Å². The summed E-state index contributed by atoms with van der Waals surface area (Å²) in [6.07, 6.45) is 10.2. The SMILES string of the molecule is CC(C)=CCC/C(C)=C/CN1C(=O)[C@](O)([C@H](C)/C=C/CCO)c2cc(Cl)ccc21. The minimum atomic E-state index is -1.67. The smallest absolute Gasteiger partial charge is 0.264 e. The van der Waals surface area contributed by atoms with E-state index in [1.54, 1.807) is 42.2 Å². The second kappa shape index (κ2) is 10.2. The van der Waals surface area contributed by atoms with Gasteiger partial charge in [0.1, 0.15) is 0 Å². The van der Waals surface area contributed by atoms with Crippen molar-refractivity contribution in [3.05, 3.63) is 64.2 Å². The summed E-state index contributed by atoms with van der Waals surface area (Å²) in [5.41, 5.74) is 2.06. The van der Waals surface area contributed by atoms with E-state index in [0.717, 1.165) is 12.8 Å². The van der Waals surface area contributed by atoms with Crippen LogP contribution < -0.4 is 4.90 Å². The predicted octanol–water partition coefficient (Wildman–Crippen LogP) is 5.14. The highest BCUT2D eigenvalue weighted by Gasteiger charge is 2.52. The van der Waals surface area contributed by atoms with Gasteiger partial charge in [-0.1, -0.05) is 54.0 Å². The van der Waals surface area contributed by atoms with E-state index in [0.29, 0.717) is 29.2 Å². The van der Waals surface area contributed by atoms with Crippen LogP contribution in [0.5, 0.6) is 0 Å². The number of rotatable bonds is 9. The lowest BCUT2D eigenvalue weighted by atomic mass is 9.83. The Morgan fingerprint density at radius 3 is 2.62 bits per heavy atom. The van der Waals surface area contributed by atoms with Gasteiger partial charge in [0.25, 0.3) is 5.91 Å². The Balaban J connectivity index is 2.30. The standard InChI is InChI=1S/C24H32ClNO3/c1-17(2)8-7-9-18(3)13-14-26-22-12-11-20(25)16-21(22)24(29,23(26)28)19(4)10-5-6-15-27/h5,8,10-13,16,19,27,29H,6-7,9,14-15H2,1-4H3/b10-5+,18-13+/t19-,24+/m1/s1. The van der Waals surface area contributed by atoms with Crippen LogP contribution in [-0.2, 0) is 10.4 Å². The van der Waals surface area contributed by atoms with Gasteiger partial charge in [-0.15, -0.1) is 0 Å². The normalized spacial score (nSPS) is 20.3. The molecule has 5 heteroatoms. The lowest BCUT2D eigenvalue weighted by Crippen LogP contribution is -2.44. The minimum Gasteiger partial charge on any atom is -0.396 e. The van der Waals surface area contributed by atoms with Gasteiger partial charge in [0.05, 0.1) is 5.69 Å². The molecule has 0 aromatic heterocycles. The highest BCUT2D eigenvalue weighted by molar-refractivity contribution is 6.31. The molecule has 29 heavy (non-hydrogen) atoms. The molecule has 0 fully saturated rings. The largest absolute Gasteiger partial charge is 0.396 e. The molecule has 0 spiro atoms. The molecule has 0 saturated carbocycles. The predicted molar refractivity (Wildman–Crippen MR) is 120 cm³/mol. The number of aliphatic hydroxyl groups is 2. The van der Waals surface area contributed by atoms with Crippen LogP contribution in [-0.4, -0.2) is 29.3 Å². The zero-order chi connectivity index (χ0) is 21.6. The van der Waals surface area contributed by atoms with Crippen molar-refractivity contribution in [1.29, 1.82) is 0 Å². The summed E-state index contributed by atoms with van der Waals surface area (Å²) in [5, 5.41) is 20.9. The first-order valence-corrected chi connectivity index (χ1v) is 10.5. The van der Waals surface area contributed by atoms with Crippen molar-refractivity contribution in [3.8, 4) is 0 Å². The number of halogens is 1. The van der Waals surface area contributed by atoms with Crippen molar-refractivity contribution < 1.29 is 15.0 Å². The first-order chi connectivity index (χ1) is 13.7. The third-order valence-corrected chi connectivity index (χ3v) is 5.56. The maximum atomic E-state index is 13.3. The van der Waals surface area contributed by atoms with Gasteiger partial charge in [-0.2, -0.15) is 0 Å². The number of aliphatic hydroxyl groups excluding tert-OH is 1. The summed E-state index contributed by atoms with van der Waals surface area (Å²) in [6, 6.07) is 5.21. The third-order valence-electron chi connectivity index (χ3n) is 5.32. The molecule has 0 unspecified atom stereocenters. The summed E-state index contributed by atoms with van der Waals surface area (Å²) >= 11 is 6.18. The maximum absolute atomic E-state index is 13.3. The van der Waals surface area contributed by atoms with E-state index >= 15 is 0 Å². The maximum Gasteiger partial charge on any atom is 0.264 e. The van der Waals surface area contributed by atoms with E-state index in [-0.39, 0.29) is 12.5 Å². The lowest BCUT2D eigenvalue weighted by molar-refractivity contribution is -0.139. The number of hydrogen-bond donors (Lipinski definition) is 2. The molecule has 0 bridgehead atoms. The molecule has 1 heterocycles. The van der Waals surface area contributed by atoms with Crippen molar-refractivity contribution in [2.24, 2.45) is 5.92 Å². The molecule has 2 rings (SSSR count). The molecular formula is C24H32ClNO3. The fraction of sp³-hybridized carbons (Fsp3) is 0.458. The van der Waals surface area contributed by atoms with Crippen molar-refractivity contribution >= 4 is 23.2 Å². The van der Waals surface area contributed by atoms with Crippen LogP contribution in [0.2, 0.25) is 5.02 Å². The number of allylic oxidation sites excluding steroid dienone is 3. The van der Waals surface area contributed by atoms with Crippen molar-refractivity contribution in [2.45, 2.75) is 52.6 Å². The molecular weight excluding hydrogens is 386 g/mol. The average Bonchev–Trinajstić information content (AvgIpc) is 2.88. The number of amides is 1. The van der Waals surface area contributed by atoms with Crippen LogP contribution in [0, 0.1) is 5.92 Å². The van der Waals surface area contributed by atoms with Crippen LogP contribution in [0.4, 0.5) is 5.69 Å². The van der Waals surface area contributed by atoms with Gasteiger partial charge in [-0.3, -0.25) is 4.79 Å². The van der Waals surface area contributed by atoms with E-state index in [1.165, 1.54) is 11.1 Å². The number of hydrogen-bond acceptors (Lipinski definition) is 3. The Hall–Kier alpha value is -1.88. The summed E-state index contributed by atoms with van der Waals surface area (Å²) in [6.45, 7) is 8.47. The van der Waals surface area contributed by atoms with E-state index in [1.807, 2.05) is 6.08 Å². The highest BCUT2D eigenvalue weighted by Crippen LogP contribution is 2.46. The Morgan fingerprint density at radius 2 is 1.97 bits per heavy atom. The van der Waals surface area contributed by atoms with Gasteiger partial charge in [-0.25, -0.2) is 0 Å². The van der Waals surface area contributed by atoms with Crippen LogP contribution in [0.25, 0.3) is 0 Å². The second-order valence-electron chi connectivity index (χ2n) is 7.94. The first-order valence-electron chi connectivity index (χ1n) is 10.1. The molecule has 2 atom stereocenters. The Kier molecular flexibility index (Phi) is 8.26. The van der Waals surface area contributed by atoms with Crippen molar-refractivity contribution in [1.82, 2.24) is 0 Å². The molecule has 158 valence electrons. The van der Waals surface area contributed by atoms with Crippen LogP contribution in [0.1, 0.15) is 52.5 Å². The molecule has 1 aliphatic heterocycles. The minimum absolute atomic E-state index is 0.0287. The van der Waals surface area contributed by atoms with E-state index in [9.17, 15) is 9.90 Å². The van der Waals surface area contributed by atoms with Gasteiger partial charge in [-0.05, 0) is 58.2 Å². The molecule has 0 radical (unpaired) electrons. The van der Waals surface area contributed by atoms with E-state index in [4.69, 9.17) is 16.7 Å². The molecule has 1 aromatic carbocycles. The second-order valence-corrected chi connectivity index (χ2v) is 8.38. The lowest BCUT2D eigenvalue weighted by Gasteiger charge is -2.27. The van der Waals surface area contributed by atoms with Gasteiger partial charge in [0.2, 0.25) is 0 Å². The topological polar surface area (TPSA) is 60.8 Å². The number of carbonyl (C=O) groups excluding carboxylic acids is 1. The summed E-state index contributed by atoms with van der Waals surface area (Å²) in [5.74, 6) is -0.796. The summed E-state index contributed by atoms with van der Waals surface area (Å²) < 4.78 is 0. The van der Waals surface area contributed by atoms with E-state index < -0.39 is 11.5 Å². The average molecular weight is 418 g/mol. The Bertz CT molecular complexity index is 823.